The molecule has 1 aromatic carbocycles. The molecule has 2 aromatic rings. The number of aliphatic hydroxyl groups excluding tert-OH is 1. The predicted molar refractivity (Wildman–Crippen MR) is 149 cm³/mol. The Morgan fingerprint density at radius 2 is 2.08 bits per heavy atom. The molecule has 2 heterocycles. The van der Waals surface area contributed by atoms with Gasteiger partial charge in [0.1, 0.15) is 24.3 Å². The SMILES string of the molecule is CNC[C@@H](O)COc1ccc(Cl)c(-c2nc(C(C(C)=O)=C(C)N)c(C)c(N3CC4(CCC(OC)C4)C3)n2)c1. The van der Waals surface area contributed by atoms with Crippen molar-refractivity contribution in [3.8, 4) is 17.1 Å². The number of halogens is 1. The van der Waals surface area contributed by atoms with E-state index in [0.717, 1.165) is 43.7 Å². The van der Waals surface area contributed by atoms with Crippen LogP contribution in [0.15, 0.2) is 23.9 Å². The summed E-state index contributed by atoms with van der Waals surface area (Å²) in [6, 6.07) is 5.22. The minimum Gasteiger partial charge on any atom is -0.491 e. The first-order chi connectivity index (χ1) is 18.1. The van der Waals surface area contributed by atoms with Crippen LogP contribution in [0.3, 0.4) is 0 Å². The summed E-state index contributed by atoms with van der Waals surface area (Å²) in [6.07, 6.45) is 2.87. The van der Waals surface area contributed by atoms with E-state index in [9.17, 15) is 9.90 Å². The summed E-state index contributed by atoms with van der Waals surface area (Å²) in [5.74, 6) is 1.52. The molecule has 1 aromatic heterocycles. The van der Waals surface area contributed by atoms with E-state index in [4.69, 9.17) is 36.8 Å². The van der Waals surface area contributed by atoms with Crippen LogP contribution >= 0.6 is 11.6 Å². The van der Waals surface area contributed by atoms with Crippen LogP contribution < -0.4 is 20.7 Å². The van der Waals surface area contributed by atoms with Crippen LogP contribution in [0.25, 0.3) is 17.0 Å². The van der Waals surface area contributed by atoms with Crippen molar-refractivity contribution in [3.63, 3.8) is 0 Å². The normalized spacial score (nSPS) is 19.8. The van der Waals surface area contributed by atoms with Crippen molar-refractivity contribution in [1.82, 2.24) is 15.3 Å². The summed E-state index contributed by atoms with van der Waals surface area (Å²) in [7, 11) is 3.55. The molecule has 10 heteroatoms. The van der Waals surface area contributed by atoms with Gasteiger partial charge in [0.15, 0.2) is 11.6 Å². The number of carbonyl (C=O) groups excluding carboxylic acids is 1. The average molecular weight is 544 g/mol. The van der Waals surface area contributed by atoms with Gasteiger partial charge >= 0.3 is 0 Å². The van der Waals surface area contributed by atoms with E-state index >= 15 is 0 Å². The van der Waals surface area contributed by atoms with Gasteiger partial charge in [-0.05, 0) is 65.3 Å². The minimum absolute atomic E-state index is 0.120. The van der Waals surface area contributed by atoms with Crippen LogP contribution in [0.5, 0.6) is 5.75 Å². The molecular weight excluding hydrogens is 506 g/mol. The maximum absolute atomic E-state index is 12.6. The van der Waals surface area contributed by atoms with Gasteiger partial charge in [0.25, 0.3) is 0 Å². The summed E-state index contributed by atoms with van der Waals surface area (Å²) in [6.45, 7) is 7.39. The molecule has 9 nitrogen and oxygen atoms in total. The average Bonchev–Trinajstić information content (AvgIpc) is 3.29. The number of hydrogen-bond acceptors (Lipinski definition) is 9. The Morgan fingerprint density at radius 1 is 1.34 bits per heavy atom. The van der Waals surface area contributed by atoms with Crippen molar-refractivity contribution in [2.45, 2.75) is 52.2 Å². The molecule has 0 radical (unpaired) electrons. The number of nitrogens with zero attached hydrogens (tertiary/aromatic N) is 3. The van der Waals surface area contributed by atoms with Gasteiger partial charge in [0.2, 0.25) is 0 Å². The van der Waals surface area contributed by atoms with Crippen LogP contribution in [-0.4, -0.2) is 73.5 Å². The van der Waals surface area contributed by atoms with Crippen LogP contribution in [0, 0.1) is 12.3 Å². The van der Waals surface area contributed by atoms with E-state index < -0.39 is 6.10 Å². The number of aliphatic hydroxyl groups is 1. The lowest BCUT2D eigenvalue weighted by atomic mass is 9.78. The highest BCUT2D eigenvalue weighted by Gasteiger charge is 2.49. The van der Waals surface area contributed by atoms with E-state index in [1.807, 2.05) is 6.92 Å². The molecule has 2 aliphatic rings. The van der Waals surface area contributed by atoms with Crippen LogP contribution in [-0.2, 0) is 9.53 Å². The van der Waals surface area contributed by atoms with Gasteiger partial charge in [-0.25, -0.2) is 9.97 Å². The number of aromatic nitrogens is 2. The Hall–Kier alpha value is -2.72. The summed E-state index contributed by atoms with van der Waals surface area (Å²) in [5.41, 5.74) is 9.05. The fraction of sp³-hybridized carbons (Fsp3) is 0.536. The zero-order valence-electron chi connectivity index (χ0n) is 22.8. The van der Waals surface area contributed by atoms with Crippen molar-refractivity contribution in [1.29, 1.82) is 0 Å². The number of likely N-dealkylation sites (N-methyl/N-ethyl adjacent to an activating group) is 1. The molecule has 2 atom stereocenters. The summed E-state index contributed by atoms with van der Waals surface area (Å²) in [5, 5.41) is 13.4. The molecule has 1 unspecified atom stereocenters. The van der Waals surface area contributed by atoms with E-state index in [2.05, 4.69) is 10.2 Å². The number of ketones is 1. The van der Waals surface area contributed by atoms with Gasteiger partial charge in [0, 0.05) is 49.0 Å². The van der Waals surface area contributed by atoms with Crippen molar-refractivity contribution in [3.05, 3.63) is 40.2 Å². The van der Waals surface area contributed by atoms with Gasteiger partial charge in [-0.3, -0.25) is 4.79 Å². The van der Waals surface area contributed by atoms with Gasteiger partial charge in [-0.2, -0.15) is 0 Å². The molecule has 2 fully saturated rings. The Balaban J connectivity index is 1.74. The second kappa shape index (κ2) is 11.6. The zero-order valence-corrected chi connectivity index (χ0v) is 23.6. The van der Waals surface area contributed by atoms with Crippen LogP contribution in [0.4, 0.5) is 5.82 Å². The van der Waals surface area contributed by atoms with Gasteiger partial charge in [-0.1, -0.05) is 11.6 Å². The number of anilines is 1. The first-order valence-electron chi connectivity index (χ1n) is 13.0. The summed E-state index contributed by atoms with van der Waals surface area (Å²) >= 11 is 6.62. The molecule has 4 rings (SSSR count). The Bertz CT molecular complexity index is 1220. The Kier molecular flexibility index (Phi) is 8.62. The van der Waals surface area contributed by atoms with Crippen molar-refractivity contribution >= 4 is 28.8 Å². The van der Waals surface area contributed by atoms with Crippen LogP contribution in [0.2, 0.25) is 5.02 Å². The minimum atomic E-state index is -0.657. The second-order valence-electron chi connectivity index (χ2n) is 10.6. The fourth-order valence-electron chi connectivity index (χ4n) is 5.62. The molecule has 1 aliphatic carbocycles. The first-order valence-corrected chi connectivity index (χ1v) is 13.3. The molecular formula is C28H38ClN5O4. The van der Waals surface area contributed by atoms with E-state index in [1.54, 1.807) is 39.3 Å². The number of rotatable bonds is 10. The standard InChI is InChI=1S/C28H38ClN5O4/c1-16-25(24(17(2)30)18(3)35)32-26(22-10-20(6-7-23(22)29)38-13-19(36)12-31-4)33-27(16)34-14-28(15-34)9-8-21(11-28)37-5/h6-7,10,19,21,31,36H,8-9,11-15,30H2,1-5H3/t19-,21?/m1/s1. The summed E-state index contributed by atoms with van der Waals surface area (Å²) < 4.78 is 11.4. The summed E-state index contributed by atoms with van der Waals surface area (Å²) in [4.78, 5) is 24.7. The van der Waals surface area contributed by atoms with Gasteiger partial charge in [-0.15, -0.1) is 0 Å². The number of Topliss-reactive ketones (excluding diaryl/α,β-unsaturated/α-hetero) is 1. The number of methoxy groups -OCH3 is 1. The predicted octanol–water partition coefficient (Wildman–Crippen LogP) is 3.35. The van der Waals surface area contributed by atoms with Gasteiger partial charge in [0.05, 0.1) is 22.4 Å². The number of hydrogen-bond donors (Lipinski definition) is 3. The van der Waals surface area contributed by atoms with Gasteiger partial charge < -0.3 is 30.5 Å². The highest BCUT2D eigenvalue weighted by atomic mass is 35.5. The lowest BCUT2D eigenvalue weighted by Crippen LogP contribution is -2.56. The molecule has 1 spiro atoms. The molecule has 0 bridgehead atoms. The third-order valence-electron chi connectivity index (χ3n) is 7.51. The monoisotopic (exact) mass is 543 g/mol. The molecule has 0 amide bonds. The van der Waals surface area contributed by atoms with E-state index in [1.165, 1.54) is 6.92 Å². The van der Waals surface area contributed by atoms with E-state index in [-0.39, 0.29) is 17.8 Å². The largest absolute Gasteiger partial charge is 0.491 e. The van der Waals surface area contributed by atoms with Crippen molar-refractivity contribution in [2.75, 3.05) is 45.3 Å². The number of allylic oxidation sites excluding steroid dienone is 2. The molecule has 38 heavy (non-hydrogen) atoms. The van der Waals surface area contributed by atoms with E-state index in [0.29, 0.717) is 51.8 Å². The quantitative estimate of drug-likeness (QED) is 0.387. The van der Waals surface area contributed by atoms with Crippen molar-refractivity contribution in [2.24, 2.45) is 11.1 Å². The number of nitrogens with two attached hydrogens (primary N) is 1. The topological polar surface area (TPSA) is 123 Å². The first kappa shape index (κ1) is 28.3. The fourth-order valence-corrected chi connectivity index (χ4v) is 5.82. The maximum atomic E-state index is 12.6. The maximum Gasteiger partial charge on any atom is 0.163 e. The third kappa shape index (κ3) is 5.81. The molecule has 206 valence electrons. The molecule has 1 aliphatic heterocycles. The zero-order chi connectivity index (χ0) is 27.6. The molecule has 1 saturated heterocycles. The molecule has 1 saturated carbocycles. The van der Waals surface area contributed by atoms with Crippen molar-refractivity contribution < 1.29 is 19.4 Å². The lowest BCUT2D eigenvalue weighted by Gasteiger charge is -2.49. The third-order valence-corrected chi connectivity index (χ3v) is 7.84. The number of ether oxygens (including phenoxy) is 2. The van der Waals surface area contributed by atoms with Crippen LogP contribution in [0.1, 0.15) is 44.4 Å². The Labute approximate surface area is 229 Å². The smallest absolute Gasteiger partial charge is 0.163 e. The lowest BCUT2D eigenvalue weighted by molar-refractivity contribution is -0.111. The number of nitrogens with one attached hydrogen (secondary N) is 1. The Morgan fingerprint density at radius 3 is 2.68 bits per heavy atom. The number of benzene rings is 1. The second-order valence-corrected chi connectivity index (χ2v) is 11.0. The number of carbonyl (C=O) groups is 1. The molecule has 4 N–H and O–H groups in total. The highest BCUT2D eigenvalue weighted by molar-refractivity contribution is 6.33. The highest BCUT2D eigenvalue weighted by Crippen LogP contribution is 2.48.